The van der Waals surface area contributed by atoms with Crippen molar-refractivity contribution in [3.8, 4) is 6.07 Å². The molecule has 0 aromatic carbocycles. The Morgan fingerprint density at radius 3 is 2.64 bits per heavy atom. The van der Waals surface area contributed by atoms with Gasteiger partial charge < -0.3 is 0 Å². The van der Waals surface area contributed by atoms with Crippen LogP contribution in [0.2, 0.25) is 5.15 Å². The molecule has 0 unspecified atom stereocenters. The molecule has 1 rings (SSSR count). The lowest BCUT2D eigenvalue weighted by Crippen LogP contribution is -1.92. The van der Waals surface area contributed by atoms with E-state index in [1.807, 2.05) is 0 Å². The summed E-state index contributed by atoms with van der Waals surface area (Å²) in [6.45, 7) is 0. The van der Waals surface area contributed by atoms with Crippen molar-refractivity contribution in [1.29, 1.82) is 5.26 Å². The van der Waals surface area contributed by atoms with Crippen molar-refractivity contribution in [2.24, 2.45) is 0 Å². The summed E-state index contributed by atoms with van der Waals surface area (Å²) in [6.07, 6.45) is 0. The van der Waals surface area contributed by atoms with Crippen LogP contribution in [0.4, 0.5) is 8.78 Å². The number of nitrogens with zero attached hydrogens (tertiary/aromatic N) is 2. The first-order chi connectivity index (χ1) is 5.15. The molecule has 2 nitrogen and oxygen atoms in total. The second-order valence-electron chi connectivity index (χ2n) is 1.70. The van der Waals surface area contributed by atoms with E-state index in [4.69, 9.17) is 16.9 Å². The molecule has 0 aliphatic carbocycles. The predicted molar refractivity (Wildman–Crippen MR) is 33.9 cm³/mol. The molecule has 0 bridgehead atoms. The maximum absolute atomic E-state index is 12.4. The van der Waals surface area contributed by atoms with Crippen molar-refractivity contribution in [2.75, 3.05) is 0 Å². The Morgan fingerprint density at radius 2 is 2.09 bits per heavy atom. The van der Waals surface area contributed by atoms with Crippen LogP contribution in [0.1, 0.15) is 5.69 Å². The van der Waals surface area contributed by atoms with Crippen LogP contribution >= 0.6 is 11.6 Å². The fourth-order valence-corrected chi connectivity index (χ4v) is 0.662. The summed E-state index contributed by atoms with van der Waals surface area (Å²) in [5.74, 6) is -1.97. The van der Waals surface area contributed by atoms with Crippen LogP contribution in [0.5, 0.6) is 0 Å². The van der Waals surface area contributed by atoms with E-state index in [0.29, 0.717) is 6.07 Å². The molecular weight excluding hydrogens is 174 g/mol. The van der Waals surface area contributed by atoms with Crippen LogP contribution in [0.3, 0.4) is 0 Å². The van der Waals surface area contributed by atoms with E-state index in [1.165, 1.54) is 6.07 Å². The number of aromatic nitrogens is 1. The third kappa shape index (κ3) is 1.44. The minimum Gasteiger partial charge on any atom is -0.219 e. The van der Waals surface area contributed by atoms with Gasteiger partial charge in [0.15, 0.2) is 22.5 Å². The van der Waals surface area contributed by atoms with Crippen LogP contribution in [-0.4, -0.2) is 4.98 Å². The van der Waals surface area contributed by atoms with Gasteiger partial charge in [-0.05, 0) is 0 Å². The first-order valence-corrected chi connectivity index (χ1v) is 2.94. The zero-order valence-electron chi connectivity index (χ0n) is 5.11. The Balaban J connectivity index is 3.35. The van der Waals surface area contributed by atoms with Gasteiger partial charge in [-0.15, -0.1) is 0 Å². The van der Waals surface area contributed by atoms with Gasteiger partial charge in [0, 0.05) is 6.07 Å². The SMILES string of the molecule is N#Cc1nc(Cl)c(F)cc1F. The van der Waals surface area contributed by atoms with Gasteiger partial charge in [0.2, 0.25) is 0 Å². The molecule has 1 aromatic heterocycles. The molecule has 0 N–H and O–H groups in total. The van der Waals surface area contributed by atoms with E-state index < -0.39 is 22.5 Å². The highest BCUT2D eigenvalue weighted by Crippen LogP contribution is 2.14. The highest BCUT2D eigenvalue weighted by atomic mass is 35.5. The van der Waals surface area contributed by atoms with E-state index >= 15 is 0 Å². The lowest BCUT2D eigenvalue weighted by molar-refractivity contribution is 0.570. The van der Waals surface area contributed by atoms with Crippen LogP contribution in [0, 0.1) is 23.0 Å². The van der Waals surface area contributed by atoms with Gasteiger partial charge in [0.25, 0.3) is 0 Å². The van der Waals surface area contributed by atoms with Crippen LogP contribution in [0.25, 0.3) is 0 Å². The maximum Gasteiger partial charge on any atom is 0.178 e. The van der Waals surface area contributed by atoms with E-state index in [1.54, 1.807) is 0 Å². The van der Waals surface area contributed by atoms with E-state index in [9.17, 15) is 8.78 Å². The van der Waals surface area contributed by atoms with Crippen LogP contribution < -0.4 is 0 Å². The van der Waals surface area contributed by atoms with Gasteiger partial charge in [-0.3, -0.25) is 0 Å². The van der Waals surface area contributed by atoms with Crippen molar-refractivity contribution >= 4 is 11.6 Å². The lowest BCUT2D eigenvalue weighted by atomic mass is 10.3. The number of hydrogen-bond donors (Lipinski definition) is 0. The Bertz CT molecular complexity index is 332. The number of rotatable bonds is 0. The topological polar surface area (TPSA) is 36.7 Å². The molecule has 0 atom stereocenters. The molecular formula is C6HClF2N2. The van der Waals surface area contributed by atoms with Gasteiger partial charge in [0.05, 0.1) is 0 Å². The summed E-state index contributed by atoms with van der Waals surface area (Å²) in [4.78, 5) is 3.15. The molecule has 0 fully saturated rings. The number of halogens is 3. The average molecular weight is 175 g/mol. The summed E-state index contributed by atoms with van der Waals surface area (Å²) in [5, 5.41) is 7.70. The number of pyridine rings is 1. The first kappa shape index (κ1) is 7.89. The van der Waals surface area contributed by atoms with Gasteiger partial charge in [-0.2, -0.15) is 5.26 Å². The zero-order chi connectivity index (χ0) is 8.43. The van der Waals surface area contributed by atoms with Gasteiger partial charge in [0.1, 0.15) is 6.07 Å². The molecule has 0 saturated heterocycles. The molecule has 11 heavy (non-hydrogen) atoms. The number of hydrogen-bond acceptors (Lipinski definition) is 2. The number of nitriles is 1. The molecule has 0 radical (unpaired) electrons. The maximum atomic E-state index is 12.4. The zero-order valence-corrected chi connectivity index (χ0v) is 5.86. The molecule has 56 valence electrons. The molecule has 1 heterocycles. The minimum absolute atomic E-state index is 0.497. The predicted octanol–water partition coefficient (Wildman–Crippen LogP) is 1.88. The fourth-order valence-electron chi connectivity index (χ4n) is 0.523. The molecule has 0 aliphatic rings. The first-order valence-electron chi connectivity index (χ1n) is 2.57. The summed E-state index contributed by atoms with van der Waals surface area (Å²) in [6, 6.07) is 1.95. The normalized spacial score (nSPS) is 9.27. The molecule has 0 aliphatic heterocycles. The van der Waals surface area contributed by atoms with Gasteiger partial charge >= 0.3 is 0 Å². The van der Waals surface area contributed by atoms with Crippen molar-refractivity contribution in [3.05, 3.63) is 28.5 Å². The average Bonchev–Trinajstić information content (AvgIpc) is 1.97. The summed E-state index contributed by atoms with van der Waals surface area (Å²) >= 11 is 5.16. The smallest absolute Gasteiger partial charge is 0.178 e. The third-order valence-electron chi connectivity index (χ3n) is 0.993. The van der Waals surface area contributed by atoms with Crippen molar-refractivity contribution < 1.29 is 8.78 Å². The second kappa shape index (κ2) is 2.81. The highest BCUT2D eigenvalue weighted by Gasteiger charge is 2.08. The Labute approximate surface area is 66.0 Å². The van der Waals surface area contributed by atoms with Crippen LogP contribution in [0.15, 0.2) is 6.07 Å². The molecule has 0 spiro atoms. The van der Waals surface area contributed by atoms with E-state index in [-0.39, 0.29) is 0 Å². The van der Waals surface area contributed by atoms with Crippen molar-refractivity contribution in [1.82, 2.24) is 4.98 Å². The summed E-state index contributed by atoms with van der Waals surface area (Å²) < 4.78 is 24.8. The molecule has 1 aromatic rings. The Hall–Kier alpha value is -1.21. The van der Waals surface area contributed by atoms with E-state index in [2.05, 4.69) is 4.98 Å². The Morgan fingerprint density at radius 1 is 1.45 bits per heavy atom. The van der Waals surface area contributed by atoms with Crippen molar-refractivity contribution in [2.45, 2.75) is 0 Å². The molecule has 0 amide bonds. The van der Waals surface area contributed by atoms with E-state index in [0.717, 1.165) is 0 Å². The highest BCUT2D eigenvalue weighted by molar-refractivity contribution is 6.29. The fraction of sp³-hybridized carbons (Fsp3) is 0. The van der Waals surface area contributed by atoms with Crippen LogP contribution in [-0.2, 0) is 0 Å². The summed E-state index contributed by atoms with van der Waals surface area (Å²) in [5.41, 5.74) is -0.503. The Kier molecular flexibility index (Phi) is 2.01. The summed E-state index contributed by atoms with van der Waals surface area (Å²) in [7, 11) is 0. The standard InChI is InChI=1S/C6HClF2N2/c7-6-4(9)1-3(8)5(2-10)11-6/h1H. The minimum atomic E-state index is -1.01. The van der Waals surface area contributed by atoms with Gasteiger partial charge in [-0.25, -0.2) is 13.8 Å². The van der Waals surface area contributed by atoms with Crippen molar-refractivity contribution in [3.63, 3.8) is 0 Å². The molecule has 5 heteroatoms. The van der Waals surface area contributed by atoms with Gasteiger partial charge in [-0.1, -0.05) is 11.6 Å². The molecule has 0 saturated carbocycles. The largest absolute Gasteiger partial charge is 0.219 e. The monoisotopic (exact) mass is 174 g/mol. The lowest BCUT2D eigenvalue weighted by Gasteiger charge is -1.93. The quantitative estimate of drug-likeness (QED) is 0.563. The second-order valence-corrected chi connectivity index (χ2v) is 2.06. The third-order valence-corrected chi connectivity index (χ3v) is 1.26.